The van der Waals surface area contributed by atoms with Crippen LogP contribution in [0.4, 0.5) is 0 Å². The van der Waals surface area contributed by atoms with Crippen LogP contribution in [0, 0.1) is 5.41 Å². The zero-order valence-corrected chi connectivity index (χ0v) is 13.3. The van der Waals surface area contributed by atoms with E-state index in [4.69, 9.17) is 5.73 Å². The molecule has 0 aromatic rings. The number of hydrogen-bond acceptors (Lipinski definition) is 4. The van der Waals surface area contributed by atoms with Crippen LogP contribution in [0.15, 0.2) is 0 Å². The van der Waals surface area contributed by atoms with Crippen LogP contribution in [0.25, 0.3) is 0 Å². The van der Waals surface area contributed by atoms with Gasteiger partial charge < -0.3 is 10.6 Å². The van der Waals surface area contributed by atoms with E-state index in [2.05, 4.69) is 42.6 Å². The molecule has 112 valence electrons. The quantitative estimate of drug-likeness (QED) is 0.769. The fraction of sp³-hybridized carbons (Fsp3) is 1.00. The maximum atomic E-state index is 6.14. The third kappa shape index (κ3) is 3.13. The Morgan fingerprint density at radius 1 is 1.16 bits per heavy atom. The molecule has 1 atom stereocenters. The molecule has 2 fully saturated rings. The Balaban J connectivity index is 1.85. The van der Waals surface area contributed by atoms with E-state index in [-0.39, 0.29) is 5.54 Å². The maximum absolute atomic E-state index is 6.14. The van der Waals surface area contributed by atoms with E-state index in [9.17, 15) is 0 Å². The van der Waals surface area contributed by atoms with Crippen LogP contribution in [-0.2, 0) is 0 Å². The summed E-state index contributed by atoms with van der Waals surface area (Å²) in [6.45, 7) is 12.7. The average molecular weight is 268 g/mol. The van der Waals surface area contributed by atoms with E-state index in [1.54, 1.807) is 0 Å². The Hall–Kier alpha value is -0.160. The van der Waals surface area contributed by atoms with Gasteiger partial charge in [0.2, 0.25) is 0 Å². The highest BCUT2D eigenvalue weighted by Gasteiger charge is 2.55. The van der Waals surface area contributed by atoms with Crippen molar-refractivity contribution in [3.05, 3.63) is 0 Å². The standard InChI is InChI=1S/C15H32N4/c1-14(5-6-14)15(2,13-16)19-11-9-18(10-12-19)8-7-17(3)4/h5-13,16H2,1-4H3. The summed E-state index contributed by atoms with van der Waals surface area (Å²) < 4.78 is 0. The minimum absolute atomic E-state index is 0.209. The molecule has 2 aliphatic rings. The molecule has 0 aromatic heterocycles. The summed E-state index contributed by atoms with van der Waals surface area (Å²) >= 11 is 0. The first-order valence-electron chi connectivity index (χ1n) is 7.73. The van der Waals surface area contributed by atoms with Gasteiger partial charge in [-0.1, -0.05) is 6.92 Å². The topological polar surface area (TPSA) is 35.7 Å². The molecule has 1 heterocycles. The van der Waals surface area contributed by atoms with Gasteiger partial charge in [-0.15, -0.1) is 0 Å². The predicted molar refractivity (Wildman–Crippen MR) is 81.4 cm³/mol. The molecule has 0 amide bonds. The van der Waals surface area contributed by atoms with Crippen molar-refractivity contribution in [2.24, 2.45) is 11.1 Å². The summed E-state index contributed by atoms with van der Waals surface area (Å²) in [4.78, 5) is 7.51. The van der Waals surface area contributed by atoms with E-state index in [1.807, 2.05) is 0 Å². The zero-order chi connectivity index (χ0) is 14.1. The first-order valence-corrected chi connectivity index (χ1v) is 7.73. The second kappa shape index (κ2) is 5.68. The lowest BCUT2D eigenvalue weighted by atomic mass is 9.81. The number of piperazine rings is 1. The summed E-state index contributed by atoms with van der Waals surface area (Å²) in [6.07, 6.45) is 2.70. The van der Waals surface area contributed by atoms with Crippen molar-refractivity contribution < 1.29 is 0 Å². The Morgan fingerprint density at radius 2 is 1.74 bits per heavy atom. The lowest BCUT2D eigenvalue weighted by Gasteiger charge is -2.49. The average Bonchev–Trinajstić information content (AvgIpc) is 3.15. The molecule has 1 saturated heterocycles. The first-order chi connectivity index (χ1) is 8.91. The van der Waals surface area contributed by atoms with Gasteiger partial charge in [0.25, 0.3) is 0 Å². The lowest BCUT2D eigenvalue weighted by molar-refractivity contribution is 0.00448. The lowest BCUT2D eigenvalue weighted by Crippen LogP contribution is -2.62. The predicted octanol–water partition coefficient (Wildman–Crippen LogP) is 0.683. The molecule has 0 spiro atoms. The Bertz CT molecular complexity index is 293. The molecule has 4 nitrogen and oxygen atoms in total. The molecule has 1 saturated carbocycles. The van der Waals surface area contributed by atoms with Crippen LogP contribution in [-0.4, -0.2) is 80.1 Å². The van der Waals surface area contributed by atoms with Gasteiger partial charge in [-0.2, -0.15) is 0 Å². The van der Waals surface area contributed by atoms with Crippen molar-refractivity contribution in [1.29, 1.82) is 0 Å². The molecule has 2 N–H and O–H groups in total. The molecule has 0 radical (unpaired) electrons. The number of hydrogen-bond donors (Lipinski definition) is 1. The highest BCUT2D eigenvalue weighted by Crippen LogP contribution is 2.55. The van der Waals surface area contributed by atoms with Crippen molar-refractivity contribution in [3.8, 4) is 0 Å². The summed E-state index contributed by atoms with van der Waals surface area (Å²) in [7, 11) is 4.30. The van der Waals surface area contributed by atoms with Crippen molar-refractivity contribution >= 4 is 0 Å². The zero-order valence-electron chi connectivity index (χ0n) is 13.3. The van der Waals surface area contributed by atoms with Gasteiger partial charge in [-0.3, -0.25) is 9.80 Å². The smallest absolute Gasteiger partial charge is 0.0358 e. The van der Waals surface area contributed by atoms with Gasteiger partial charge in [0.1, 0.15) is 0 Å². The van der Waals surface area contributed by atoms with E-state index >= 15 is 0 Å². The van der Waals surface area contributed by atoms with Crippen LogP contribution in [0.3, 0.4) is 0 Å². The Kier molecular flexibility index (Phi) is 4.56. The van der Waals surface area contributed by atoms with Crippen molar-refractivity contribution in [3.63, 3.8) is 0 Å². The molecular weight excluding hydrogens is 236 g/mol. The minimum Gasteiger partial charge on any atom is -0.329 e. The molecule has 1 aliphatic carbocycles. The van der Waals surface area contributed by atoms with Crippen molar-refractivity contribution in [2.75, 3.05) is 59.9 Å². The van der Waals surface area contributed by atoms with E-state index in [0.29, 0.717) is 5.41 Å². The van der Waals surface area contributed by atoms with Gasteiger partial charge in [-0.05, 0) is 39.3 Å². The second-order valence-electron chi connectivity index (χ2n) is 7.17. The van der Waals surface area contributed by atoms with Gasteiger partial charge in [0.15, 0.2) is 0 Å². The van der Waals surface area contributed by atoms with Crippen molar-refractivity contribution in [1.82, 2.24) is 14.7 Å². The number of nitrogens with zero attached hydrogens (tertiary/aromatic N) is 3. The summed E-state index contributed by atoms with van der Waals surface area (Å²) in [5, 5.41) is 0. The highest BCUT2D eigenvalue weighted by molar-refractivity contribution is 5.10. The first kappa shape index (κ1) is 15.2. The fourth-order valence-corrected chi connectivity index (χ4v) is 3.29. The van der Waals surface area contributed by atoms with Crippen LogP contribution in [0.5, 0.6) is 0 Å². The van der Waals surface area contributed by atoms with E-state index in [0.717, 1.165) is 13.1 Å². The summed E-state index contributed by atoms with van der Waals surface area (Å²) in [6, 6.07) is 0. The summed E-state index contributed by atoms with van der Waals surface area (Å²) in [5.74, 6) is 0. The van der Waals surface area contributed by atoms with E-state index < -0.39 is 0 Å². The molecule has 1 unspecified atom stereocenters. The largest absolute Gasteiger partial charge is 0.329 e. The van der Waals surface area contributed by atoms with Gasteiger partial charge in [0, 0.05) is 51.4 Å². The Morgan fingerprint density at radius 3 is 2.16 bits per heavy atom. The SMILES string of the molecule is CN(C)CCN1CCN(C(C)(CN)C2(C)CC2)CC1. The van der Waals surface area contributed by atoms with Crippen molar-refractivity contribution in [2.45, 2.75) is 32.2 Å². The number of nitrogens with two attached hydrogens (primary N) is 1. The van der Waals surface area contributed by atoms with E-state index in [1.165, 1.54) is 45.6 Å². The molecule has 2 rings (SSSR count). The molecule has 1 aliphatic heterocycles. The monoisotopic (exact) mass is 268 g/mol. The Labute approximate surface area is 118 Å². The van der Waals surface area contributed by atoms with Gasteiger partial charge in [-0.25, -0.2) is 0 Å². The molecule has 4 heteroatoms. The molecule has 0 aromatic carbocycles. The van der Waals surface area contributed by atoms with Crippen LogP contribution in [0.2, 0.25) is 0 Å². The maximum Gasteiger partial charge on any atom is 0.0358 e. The van der Waals surface area contributed by atoms with Gasteiger partial charge in [0.05, 0.1) is 0 Å². The number of rotatable bonds is 6. The normalized spacial score (nSPS) is 27.5. The highest BCUT2D eigenvalue weighted by atomic mass is 15.3. The molecule has 0 bridgehead atoms. The van der Waals surface area contributed by atoms with Crippen LogP contribution >= 0.6 is 0 Å². The fourth-order valence-electron chi connectivity index (χ4n) is 3.29. The second-order valence-corrected chi connectivity index (χ2v) is 7.17. The van der Waals surface area contributed by atoms with Crippen LogP contribution < -0.4 is 5.73 Å². The third-order valence-corrected chi connectivity index (χ3v) is 5.63. The van der Waals surface area contributed by atoms with Crippen LogP contribution in [0.1, 0.15) is 26.7 Å². The minimum atomic E-state index is 0.209. The van der Waals surface area contributed by atoms with Gasteiger partial charge >= 0.3 is 0 Å². The molecule has 19 heavy (non-hydrogen) atoms. The molecular formula is C15H32N4. The number of likely N-dealkylation sites (N-methyl/N-ethyl adjacent to an activating group) is 1. The summed E-state index contributed by atoms with van der Waals surface area (Å²) in [5.41, 5.74) is 6.81. The third-order valence-electron chi connectivity index (χ3n) is 5.63.